The van der Waals surface area contributed by atoms with E-state index < -0.39 is 0 Å². The molecule has 0 aromatic heterocycles. The monoisotopic (exact) mass is 266 g/mol. The van der Waals surface area contributed by atoms with Crippen molar-refractivity contribution in [2.24, 2.45) is 0 Å². The molecule has 1 aromatic rings. The van der Waals surface area contributed by atoms with Gasteiger partial charge in [0.25, 0.3) is 5.91 Å². The van der Waals surface area contributed by atoms with Crippen LogP contribution in [-0.2, 0) is 0 Å². The highest BCUT2D eigenvalue weighted by Gasteiger charge is 2.17. The molecule has 106 valence electrons. The molecule has 0 saturated carbocycles. The summed E-state index contributed by atoms with van der Waals surface area (Å²) in [4.78, 5) is 12.1. The number of nitrogens with one attached hydrogen (secondary N) is 2. The first-order valence-electron chi connectivity index (χ1n) is 6.32. The number of methoxy groups -OCH3 is 2. The van der Waals surface area contributed by atoms with E-state index in [4.69, 9.17) is 9.47 Å². The zero-order valence-electron chi connectivity index (χ0n) is 11.9. The van der Waals surface area contributed by atoms with Crippen LogP contribution in [0.4, 0.5) is 0 Å². The molecule has 2 N–H and O–H groups in total. The van der Waals surface area contributed by atoms with Crippen LogP contribution in [0.3, 0.4) is 0 Å². The highest BCUT2D eigenvalue weighted by molar-refractivity contribution is 5.99. The van der Waals surface area contributed by atoms with Gasteiger partial charge in [0, 0.05) is 19.1 Å². The average Bonchev–Trinajstić information content (AvgIpc) is 2.42. The lowest BCUT2D eigenvalue weighted by Crippen LogP contribution is -2.34. The number of carbonyl (C=O) groups is 1. The number of ether oxygens (including phenoxy) is 2. The Kier molecular flexibility index (Phi) is 6.15. The van der Waals surface area contributed by atoms with Gasteiger partial charge in [0.2, 0.25) is 0 Å². The van der Waals surface area contributed by atoms with Gasteiger partial charge in [0.1, 0.15) is 17.1 Å². The zero-order chi connectivity index (χ0) is 14.3. The molecule has 19 heavy (non-hydrogen) atoms. The van der Waals surface area contributed by atoms with Gasteiger partial charge in [-0.3, -0.25) is 4.79 Å². The first-order chi connectivity index (χ1) is 9.10. The van der Waals surface area contributed by atoms with Crippen molar-refractivity contribution in [3.8, 4) is 11.5 Å². The van der Waals surface area contributed by atoms with Gasteiger partial charge in [0.15, 0.2) is 0 Å². The lowest BCUT2D eigenvalue weighted by Gasteiger charge is -2.13. The largest absolute Gasteiger partial charge is 0.496 e. The summed E-state index contributed by atoms with van der Waals surface area (Å²) in [5, 5.41) is 6.07. The number of benzene rings is 1. The van der Waals surface area contributed by atoms with Crippen LogP contribution in [0.1, 0.15) is 24.2 Å². The molecular formula is C14H22N2O3. The van der Waals surface area contributed by atoms with Crippen LogP contribution < -0.4 is 20.1 Å². The quantitative estimate of drug-likeness (QED) is 0.733. The van der Waals surface area contributed by atoms with E-state index in [2.05, 4.69) is 24.5 Å². The maximum atomic E-state index is 12.1. The molecule has 0 aliphatic rings. The van der Waals surface area contributed by atoms with E-state index in [1.54, 1.807) is 18.2 Å². The van der Waals surface area contributed by atoms with Gasteiger partial charge < -0.3 is 20.1 Å². The molecule has 0 heterocycles. The predicted molar refractivity (Wildman–Crippen MR) is 75.0 cm³/mol. The second kappa shape index (κ2) is 7.63. The Balaban J connectivity index is 2.70. The second-order valence-corrected chi connectivity index (χ2v) is 4.40. The minimum atomic E-state index is -0.195. The second-order valence-electron chi connectivity index (χ2n) is 4.40. The Morgan fingerprint density at radius 2 is 1.74 bits per heavy atom. The number of hydrogen-bond acceptors (Lipinski definition) is 4. The van der Waals surface area contributed by atoms with E-state index in [1.165, 1.54) is 14.2 Å². The summed E-state index contributed by atoms with van der Waals surface area (Å²) in [5.41, 5.74) is 0.428. The summed E-state index contributed by atoms with van der Waals surface area (Å²) < 4.78 is 10.4. The van der Waals surface area contributed by atoms with E-state index in [0.29, 0.717) is 29.6 Å². The number of carbonyl (C=O) groups excluding carboxylic acids is 1. The molecule has 0 aliphatic carbocycles. The third kappa shape index (κ3) is 4.44. The molecule has 0 saturated heterocycles. The SMILES string of the molecule is COc1cccc(OC)c1C(=O)NCCNC(C)C. The van der Waals surface area contributed by atoms with Crippen molar-refractivity contribution in [2.75, 3.05) is 27.3 Å². The van der Waals surface area contributed by atoms with Crippen molar-refractivity contribution in [2.45, 2.75) is 19.9 Å². The van der Waals surface area contributed by atoms with Crippen LogP contribution in [-0.4, -0.2) is 39.3 Å². The fourth-order valence-electron chi connectivity index (χ4n) is 1.70. The Morgan fingerprint density at radius 1 is 1.16 bits per heavy atom. The summed E-state index contributed by atoms with van der Waals surface area (Å²) in [6.45, 7) is 5.40. The first-order valence-corrected chi connectivity index (χ1v) is 6.32. The molecule has 1 rings (SSSR count). The molecule has 1 aromatic carbocycles. The number of rotatable bonds is 7. The molecule has 0 aliphatic heterocycles. The van der Waals surface area contributed by atoms with Crippen molar-refractivity contribution >= 4 is 5.91 Å². The van der Waals surface area contributed by atoms with Crippen molar-refractivity contribution in [1.82, 2.24) is 10.6 Å². The highest BCUT2D eigenvalue weighted by atomic mass is 16.5. The fourth-order valence-corrected chi connectivity index (χ4v) is 1.70. The molecule has 0 fully saturated rings. The van der Waals surface area contributed by atoms with Crippen LogP contribution in [0.25, 0.3) is 0 Å². The molecule has 0 atom stereocenters. The average molecular weight is 266 g/mol. The maximum absolute atomic E-state index is 12.1. The standard InChI is InChI=1S/C14H22N2O3/c1-10(2)15-8-9-16-14(17)13-11(18-3)6-5-7-12(13)19-4/h5-7,10,15H,8-9H2,1-4H3,(H,16,17). The van der Waals surface area contributed by atoms with Crippen molar-refractivity contribution in [3.05, 3.63) is 23.8 Å². The van der Waals surface area contributed by atoms with Gasteiger partial charge in [-0.1, -0.05) is 19.9 Å². The fraction of sp³-hybridized carbons (Fsp3) is 0.500. The molecular weight excluding hydrogens is 244 g/mol. The number of hydrogen-bond donors (Lipinski definition) is 2. The van der Waals surface area contributed by atoms with E-state index in [9.17, 15) is 4.79 Å². The van der Waals surface area contributed by atoms with Gasteiger partial charge >= 0.3 is 0 Å². The van der Waals surface area contributed by atoms with Crippen LogP contribution in [0, 0.1) is 0 Å². The first kappa shape index (κ1) is 15.3. The van der Waals surface area contributed by atoms with Crippen molar-refractivity contribution in [1.29, 1.82) is 0 Å². The van der Waals surface area contributed by atoms with E-state index >= 15 is 0 Å². The Bertz CT molecular complexity index is 397. The summed E-state index contributed by atoms with van der Waals surface area (Å²) in [7, 11) is 3.07. The Hall–Kier alpha value is -1.75. The number of amides is 1. The van der Waals surface area contributed by atoms with Gasteiger partial charge in [-0.15, -0.1) is 0 Å². The molecule has 0 spiro atoms. The third-order valence-electron chi connectivity index (χ3n) is 2.62. The minimum Gasteiger partial charge on any atom is -0.496 e. The molecule has 5 heteroatoms. The molecule has 0 radical (unpaired) electrons. The smallest absolute Gasteiger partial charge is 0.258 e. The Morgan fingerprint density at radius 3 is 2.21 bits per heavy atom. The zero-order valence-corrected chi connectivity index (χ0v) is 11.9. The molecule has 1 amide bonds. The minimum absolute atomic E-state index is 0.195. The third-order valence-corrected chi connectivity index (χ3v) is 2.62. The molecule has 5 nitrogen and oxygen atoms in total. The summed E-state index contributed by atoms with van der Waals surface area (Å²) in [6, 6.07) is 5.67. The van der Waals surface area contributed by atoms with Crippen molar-refractivity contribution in [3.63, 3.8) is 0 Å². The highest BCUT2D eigenvalue weighted by Crippen LogP contribution is 2.27. The summed E-state index contributed by atoms with van der Waals surface area (Å²) >= 11 is 0. The normalized spacial score (nSPS) is 10.4. The van der Waals surface area contributed by atoms with Gasteiger partial charge in [-0.25, -0.2) is 0 Å². The van der Waals surface area contributed by atoms with Crippen LogP contribution in [0.2, 0.25) is 0 Å². The topological polar surface area (TPSA) is 59.6 Å². The Labute approximate surface area is 114 Å². The predicted octanol–water partition coefficient (Wildman–Crippen LogP) is 1.43. The van der Waals surface area contributed by atoms with Gasteiger partial charge in [-0.2, -0.15) is 0 Å². The lowest BCUT2D eigenvalue weighted by molar-refractivity contribution is 0.0947. The van der Waals surface area contributed by atoms with Gasteiger partial charge in [-0.05, 0) is 12.1 Å². The molecule has 0 bridgehead atoms. The van der Waals surface area contributed by atoms with Crippen molar-refractivity contribution < 1.29 is 14.3 Å². The van der Waals surface area contributed by atoms with Crippen LogP contribution in [0.5, 0.6) is 11.5 Å². The van der Waals surface area contributed by atoms with E-state index in [0.717, 1.165) is 6.54 Å². The van der Waals surface area contributed by atoms with Gasteiger partial charge in [0.05, 0.1) is 14.2 Å². The van der Waals surface area contributed by atoms with E-state index in [-0.39, 0.29) is 5.91 Å². The molecule has 0 unspecified atom stereocenters. The summed E-state index contributed by atoms with van der Waals surface area (Å²) in [6.07, 6.45) is 0. The van der Waals surface area contributed by atoms with Crippen LogP contribution >= 0.6 is 0 Å². The van der Waals surface area contributed by atoms with E-state index in [1.807, 2.05) is 0 Å². The van der Waals surface area contributed by atoms with Crippen LogP contribution in [0.15, 0.2) is 18.2 Å². The lowest BCUT2D eigenvalue weighted by atomic mass is 10.1. The summed E-state index contributed by atoms with van der Waals surface area (Å²) in [5.74, 6) is 0.821. The maximum Gasteiger partial charge on any atom is 0.258 e.